The molecule has 1 aliphatic carbocycles. The molecule has 138 valence electrons. The summed E-state index contributed by atoms with van der Waals surface area (Å²) in [6.07, 6.45) is 3.56. The van der Waals surface area contributed by atoms with E-state index < -0.39 is 0 Å². The number of amides is 1. The van der Waals surface area contributed by atoms with Gasteiger partial charge in [-0.25, -0.2) is 0 Å². The van der Waals surface area contributed by atoms with Gasteiger partial charge in [-0.05, 0) is 59.9 Å². The summed E-state index contributed by atoms with van der Waals surface area (Å²) >= 11 is 0. The first kappa shape index (κ1) is 18.5. The molecule has 2 aromatic rings. The Morgan fingerprint density at radius 1 is 1.12 bits per heavy atom. The second-order valence-electron chi connectivity index (χ2n) is 8.21. The molecule has 0 aliphatic heterocycles. The van der Waals surface area contributed by atoms with Crippen molar-refractivity contribution in [2.75, 3.05) is 6.61 Å². The normalized spacial score (nSPS) is 14.6. The molecule has 0 radical (unpaired) electrons. The lowest BCUT2D eigenvalue weighted by Crippen LogP contribution is -2.31. The molecule has 2 aromatic carbocycles. The molecule has 0 heterocycles. The standard InChI is InChI=1S/C23H29NO2/c1-16(18-13-12-17-8-7-9-19(17)14-18)24-22(25)15-26-21-11-6-5-10-20(21)23(2,3)4/h5-6,10-14,16H,7-9,15H2,1-4H3,(H,24,25)/t16-/m1/s1. The molecule has 0 aromatic heterocycles. The average Bonchev–Trinajstić information content (AvgIpc) is 3.07. The van der Waals surface area contributed by atoms with Crippen LogP contribution in [0.15, 0.2) is 42.5 Å². The first-order chi connectivity index (χ1) is 12.3. The number of benzene rings is 2. The smallest absolute Gasteiger partial charge is 0.258 e. The van der Waals surface area contributed by atoms with Gasteiger partial charge in [0.1, 0.15) is 5.75 Å². The number of aryl methyl sites for hydroxylation is 2. The largest absolute Gasteiger partial charge is 0.483 e. The first-order valence-electron chi connectivity index (χ1n) is 9.48. The van der Waals surface area contributed by atoms with E-state index in [1.54, 1.807) is 0 Å². The summed E-state index contributed by atoms with van der Waals surface area (Å²) in [6, 6.07) is 14.5. The Hall–Kier alpha value is -2.29. The van der Waals surface area contributed by atoms with E-state index in [-0.39, 0.29) is 24.0 Å². The Bertz CT molecular complexity index is 789. The van der Waals surface area contributed by atoms with E-state index in [9.17, 15) is 4.79 Å². The fourth-order valence-corrected chi connectivity index (χ4v) is 3.58. The topological polar surface area (TPSA) is 38.3 Å². The number of carbonyl (C=O) groups is 1. The van der Waals surface area contributed by atoms with Gasteiger partial charge in [0, 0.05) is 0 Å². The molecule has 1 N–H and O–H groups in total. The SMILES string of the molecule is C[C@@H](NC(=O)COc1ccccc1C(C)(C)C)c1ccc2c(c1)CCC2. The lowest BCUT2D eigenvalue weighted by atomic mass is 9.86. The number of para-hydroxylation sites is 1. The van der Waals surface area contributed by atoms with Gasteiger partial charge in [0.05, 0.1) is 6.04 Å². The van der Waals surface area contributed by atoms with E-state index in [0.717, 1.165) is 23.3 Å². The monoisotopic (exact) mass is 351 g/mol. The van der Waals surface area contributed by atoms with Crippen LogP contribution >= 0.6 is 0 Å². The van der Waals surface area contributed by atoms with Crippen LogP contribution in [0.3, 0.4) is 0 Å². The molecule has 0 saturated carbocycles. The van der Waals surface area contributed by atoms with Gasteiger partial charge in [-0.2, -0.15) is 0 Å². The highest BCUT2D eigenvalue weighted by molar-refractivity contribution is 5.78. The second kappa shape index (κ2) is 7.53. The number of hydrogen-bond donors (Lipinski definition) is 1. The third-order valence-electron chi connectivity index (χ3n) is 5.05. The van der Waals surface area contributed by atoms with E-state index in [1.165, 1.54) is 24.0 Å². The molecule has 3 heteroatoms. The number of nitrogens with one attached hydrogen (secondary N) is 1. The van der Waals surface area contributed by atoms with Gasteiger partial charge in [0.15, 0.2) is 6.61 Å². The molecule has 0 spiro atoms. The van der Waals surface area contributed by atoms with Crippen molar-refractivity contribution >= 4 is 5.91 Å². The van der Waals surface area contributed by atoms with E-state index >= 15 is 0 Å². The van der Waals surface area contributed by atoms with E-state index in [2.05, 4.69) is 50.4 Å². The zero-order valence-corrected chi connectivity index (χ0v) is 16.3. The van der Waals surface area contributed by atoms with Crippen molar-refractivity contribution < 1.29 is 9.53 Å². The van der Waals surface area contributed by atoms with Crippen molar-refractivity contribution in [2.45, 2.75) is 58.4 Å². The van der Waals surface area contributed by atoms with Crippen LogP contribution in [-0.4, -0.2) is 12.5 Å². The maximum Gasteiger partial charge on any atom is 0.258 e. The van der Waals surface area contributed by atoms with E-state index in [0.29, 0.717) is 0 Å². The Morgan fingerprint density at radius 3 is 2.62 bits per heavy atom. The zero-order valence-electron chi connectivity index (χ0n) is 16.3. The Labute approximate surface area is 156 Å². The van der Waals surface area contributed by atoms with Gasteiger partial charge >= 0.3 is 0 Å². The molecular weight excluding hydrogens is 322 g/mol. The number of rotatable bonds is 5. The lowest BCUT2D eigenvalue weighted by Gasteiger charge is -2.23. The minimum atomic E-state index is -0.0956. The summed E-state index contributed by atoms with van der Waals surface area (Å²) in [4.78, 5) is 12.4. The minimum Gasteiger partial charge on any atom is -0.483 e. The number of fused-ring (bicyclic) bond motifs is 1. The molecule has 1 atom stereocenters. The first-order valence-corrected chi connectivity index (χ1v) is 9.48. The second-order valence-corrected chi connectivity index (χ2v) is 8.21. The summed E-state index contributed by atoms with van der Waals surface area (Å²) in [5, 5.41) is 3.05. The van der Waals surface area contributed by atoms with Crippen LogP contribution in [0.2, 0.25) is 0 Å². The van der Waals surface area contributed by atoms with Crippen molar-refractivity contribution in [1.82, 2.24) is 5.32 Å². The molecule has 0 saturated heterocycles. The van der Waals surface area contributed by atoms with Crippen LogP contribution < -0.4 is 10.1 Å². The van der Waals surface area contributed by atoms with Crippen molar-refractivity contribution in [3.05, 3.63) is 64.7 Å². The predicted molar refractivity (Wildman–Crippen MR) is 106 cm³/mol. The van der Waals surface area contributed by atoms with Gasteiger partial charge in [-0.15, -0.1) is 0 Å². The molecular formula is C23H29NO2. The zero-order chi connectivity index (χ0) is 18.7. The molecule has 1 amide bonds. The summed E-state index contributed by atoms with van der Waals surface area (Å²) in [5.74, 6) is 0.682. The van der Waals surface area contributed by atoms with Gasteiger partial charge in [-0.1, -0.05) is 57.2 Å². The summed E-state index contributed by atoms with van der Waals surface area (Å²) in [5.41, 5.74) is 5.13. The average molecular weight is 351 g/mol. The third-order valence-corrected chi connectivity index (χ3v) is 5.05. The highest BCUT2D eigenvalue weighted by Gasteiger charge is 2.19. The van der Waals surface area contributed by atoms with Crippen LogP contribution in [0.5, 0.6) is 5.75 Å². The maximum absolute atomic E-state index is 12.4. The van der Waals surface area contributed by atoms with E-state index in [1.807, 2.05) is 25.1 Å². The molecule has 0 fully saturated rings. The van der Waals surface area contributed by atoms with Crippen LogP contribution in [0, 0.1) is 0 Å². The summed E-state index contributed by atoms with van der Waals surface area (Å²) in [6.45, 7) is 8.49. The van der Waals surface area contributed by atoms with Crippen LogP contribution in [-0.2, 0) is 23.1 Å². The Morgan fingerprint density at radius 2 is 1.85 bits per heavy atom. The summed E-state index contributed by atoms with van der Waals surface area (Å²) in [7, 11) is 0. The minimum absolute atomic E-state index is 0.0186. The lowest BCUT2D eigenvalue weighted by molar-refractivity contribution is -0.123. The van der Waals surface area contributed by atoms with Gasteiger partial charge < -0.3 is 10.1 Å². The molecule has 1 aliphatic rings. The number of hydrogen-bond acceptors (Lipinski definition) is 2. The van der Waals surface area contributed by atoms with Crippen molar-refractivity contribution in [1.29, 1.82) is 0 Å². The Kier molecular flexibility index (Phi) is 5.36. The van der Waals surface area contributed by atoms with Crippen LogP contribution in [0.25, 0.3) is 0 Å². The fourth-order valence-electron chi connectivity index (χ4n) is 3.58. The van der Waals surface area contributed by atoms with Gasteiger partial charge in [0.25, 0.3) is 5.91 Å². The van der Waals surface area contributed by atoms with Crippen molar-refractivity contribution in [3.8, 4) is 5.75 Å². The van der Waals surface area contributed by atoms with E-state index in [4.69, 9.17) is 4.74 Å². The maximum atomic E-state index is 12.4. The number of carbonyl (C=O) groups excluding carboxylic acids is 1. The van der Waals surface area contributed by atoms with Crippen molar-refractivity contribution in [2.24, 2.45) is 0 Å². The summed E-state index contributed by atoms with van der Waals surface area (Å²) < 4.78 is 5.82. The Balaban J connectivity index is 1.60. The molecule has 3 rings (SSSR count). The van der Waals surface area contributed by atoms with Gasteiger partial charge in [0.2, 0.25) is 0 Å². The third kappa shape index (κ3) is 4.27. The molecule has 0 bridgehead atoms. The van der Waals surface area contributed by atoms with Crippen LogP contribution in [0.4, 0.5) is 0 Å². The molecule has 26 heavy (non-hydrogen) atoms. The highest BCUT2D eigenvalue weighted by atomic mass is 16.5. The van der Waals surface area contributed by atoms with Crippen LogP contribution in [0.1, 0.15) is 62.4 Å². The fraction of sp³-hybridized carbons (Fsp3) is 0.435. The molecule has 3 nitrogen and oxygen atoms in total. The predicted octanol–water partition coefficient (Wildman–Crippen LogP) is 4.73. The highest BCUT2D eigenvalue weighted by Crippen LogP contribution is 2.31. The quantitative estimate of drug-likeness (QED) is 0.846. The number of ether oxygens (including phenoxy) is 1. The van der Waals surface area contributed by atoms with Crippen molar-refractivity contribution in [3.63, 3.8) is 0 Å². The van der Waals surface area contributed by atoms with Gasteiger partial charge in [-0.3, -0.25) is 4.79 Å². The molecule has 0 unspecified atom stereocenters.